The van der Waals surface area contributed by atoms with E-state index in [1.165, 1.54) is 0 Å². The van der Waals surface area contributed by atoms with Crippen molar-refractivity contribution in [2.45, 2.75) is 55.4 Å². The summed E-state index contributed by atoms with van der Waals surface area (Å²) < 4.78 is 54.8. The Hall–Kier alpha value is -7.56. The van der Waals surface area contributed by atoms with E-state index >= 15 is 0 Å². The van der Waals surface area contributed by atoms with E-state index in [4.69, 9.17) is 67.8 Å². The minimum absolute atomic E-state index is 0.411. The largest absolute Gasteiger partial charge is 0.486 e. The Labute approximate surface area is 370 Å². The fraction of sp³-hybridized carbons (Fsp3) is 0.333. The van der Waals surface area contributed by atoms with E-state index in [1.807, 2.05) is 64.7 Å². The molecule has 10 heterocycles. The predicted octanol–water partition coefficient (Wildman–Crippen LogP) is 6.10. The van der Waals surface area contributed by atoms with Gasteiger partial charge >= 0.3 is 0 Å². The fourth-order valence-corrected chi connectivity index (χ4v) is 11.1. The molecule has 65 heavy (non-hydrogen) atoms. The molecule has 0 fully saturated rings. The number of aromatic nitrogens is 2. The van der Waals surface area contributed by atoms with Crippen LogP contribution in [0.25, 0.3) is 21.5 Å². The van der Waals surface area contributed by atoms with Gasteiger partial charge in [0.15, 0.2) is 91.9 Å². The van der Waals surface area contributed by atoms with Crippen LogP contribution in [-0.2, 0) is 0 Å². The third-order valence-electron chi connectivity index (χ3n) is 14.0. The maximum atomic E-state index is 6.41. The van der Waals surface area contributed by atoms with Crippen LogP contribution in [0.4, 0.5) is 11.6 Å². The van der Waals surface area contributed by atoms with Gasteiger partial charge in [0.25, 0.3) is 0 Å². The van der Waals surface area contributed by atoms with Crippen LogP contribution in [0.3, 0.4) is 0 Å². The minimum atomic E-state index is 0.411. The summed E-state index contributed by atoms with van der Waals surface area (Å²) in [6.45, 7) is 19.6. The van der Waals surface area contributed by atoms with Gasteiger partial charge in [-0.1, -0.05) is 0 Å². The molecule has 0 atom stereocenters. The highest BCUT2D eigenvalue weighted by Gasteiger charge is 2.39. The molecule has 6 bridgehead atoms. The van der Waals surface area contributed by atoms with Crippen LogP contribution in [0.5, 0.6) is 46.0 Å². The number of amidine groups is 4. The summed E-state index contributed by atoms with van der Waals surface area (Å²) in [7, 11) is 0. The molecule has 17 nitrogen and oxygen atoms in total. The number of aliphatic imine (C=N–C) groups is 4. The van der Waals surface area contributed by atoms with Crippen molar-refractivity contribution in [3.63, 3.8) is 0 Å². The first kappa shape index (κ1) is 36.9. The van der Waals surface area contributed by atoms with Crippen LogP contribution in [0.2, 0.25) is 0 Å². The Morgan fingerprint density at radius 1 is 0.308 bits per heavy atom. The molecule has 0 saturated carbocycles. The second-order valence-electron chi connectivity index (χ2n) is 17.5. The van der Waals surface area contributed by atoms with E-state index in [9.17, 15) is 0 Å². The summed E-state index contributed by atoms with van der Waals surface area (Å²) in [5, 5.41) is 3.22. The van der Waals surface area contributed by atoms with E-state index in [0.29, 0.717) is 145 Å². The molecule has 8 aliphatic heterocycles. The van der Waals surface area contributed by atoms with Crippen molar-refractivity contribution in [3.8, 4) is 46.0 Å². The molecule has 0 saturated heterocycles. The zero-order chi connectivity index (χ0) is 43.9. The van der Waals surface area contributed by atoms with E-state index < -0.39 is 0 Å². The Kier molecular flexibility index (Phi) is 7.14. The minimum Gasteiger partial charge on any atom is -0.486 e. The van der Waals surface area contributed by atoms with Gasteiger partial charge < -0.3 is 37.9 Å². The molecule has 326 valence electrons. The Bertz CT molecular complexity index is 3400. The molecule has 4 aromatic carbocycles. The van der Waals surface area contributed by atoms with Gasteiger partial charge in [-0.05, 0) is 55.4 Å². The molecule has 17 heteroatoms. The number of ether oxygens (including phenoxy) is 8. The normalized spacial score (nSPS) is 20.2. The molecular formula is C48H41N9O8. The number of nitrogens with one attached hydrogen (secondary N) is 1. The van der Waals surface area contributed by atoms with Crippen molar-refractivity contribution in [3.05, 3.63) is 77.7 Å². The molecule has 2 aromatic heterocycles. The smallest absolute Gasteiger partial charge is 0.166 e. The highest BCUT2D eigenvalue weighted by atomic mass is 16.6. The molecule has 6 aromatic rings. The number of benzene rings is 4. The third-order valence-corrected chi connectivity index (χ3v) is 14.0. The number of rotatable bonds is 0. The Morgan fingerprint density at radius 3 is 0.877 bits per heavy atom. The summed E-state index contributed by atoms with van der Waals surface area (Å²) in [6.07, 6.45) is 0. The molecule has 0 radical (unpaired) electrons. The van der Waals surface area contributed by atoms with Crippen molar-refractivity contribution in [1.29, 1.82) is 0 Å². The van der Waals surface area contributed by atoms with Gasteiger partial charge in [-0.3, -0.25) is 0 Å². The number of nitrogens with zero attached hydrogens (tertiary/aromatic N) is 8. The van der Waals surface area contributed by atoms with Crippen molar-refractivity contribution in [2.24, 2.45) is 30.0 Å². The summed E-state index contributed by atoms with van der Waals surface area (Å²) in [6, 6.07) is 0. The van der Waals surface area contributed by atoms with Gasteiger partial charge in [0.05, 0.1) is 0 Å². The monoisotopic (exact) mass is 871 g/mol. The number of hydrogen-bond acceptors (Lipinski definition) is 15. The average molecular weight is 872 g/mol. The van der Waals surface area contributed by atoms with Crippen LogP contribution in [0.1, 0.15) is 66.8 Å². The topological polar surface area (TPSA) is 170 Å². The number of hydrogen-bond donors (Lipinski definition) is 1. The Balaban J connectivity index is 1.24. The second-order valence-corrected chi connectivity index (χ2v) is 17.5. The lowest BCUT2D eigenvalue weighted by Gasteiger charge is -2.24. The van der Waals surface area contributed by atoms with Gasteiger partial charge in [0.1, 0.15) is 52.9 Å². The van der Waals surface area contributed by atoms with E-state index in [0.717, 1.165) is 88.3 Å². The van der Waals surface area contributed by atoms with Crippen LogP contribution in [0.15, 0.2) is 30.0 Å². The summed E-state index contributed by atoms with van der Waals surface area (Å²) in [5.41, 5.74) is 14.9. The molecule has 0 spiro atoms. The highest BCUT2D eigenvalue weighted by Crippen LogP contribution is 2.53. The standard InChI is InChI=1S/C48H41N9O8/c1-17-25-26(18(2)34-33(17)58-9-10-59-34)42-49-41(25)51-45-29-21(5)37-38(63-14-13-62-37)22(6)30(29)47-53-43-27-19(3)35-36(61-12-11-60-35)20(4)28(27)44(50-43)54-48-32-24(8)40-39(64-15-16-65-40)23(7)31(32)46(52-42)57(48)55-56(45)47/h55H,9-16H2,1-8H3/b51-41-,51-45?,52-42?,52-46-,53-43-,53-47?,54-44?,54-48-. The quantitative estimate of drug-likeness (QED) is 0.190. The van der Waals surface area contributed by atoms with E-state index in [-0.39, 0.29) is 0 Å². The van der Waals surface area contributed by atoms with Crippen molar-refractivity contribution in [2.75, 3.05) is 58.4 Å². The van der Waals surface area contributed by atoms with Crippen LogP contribution < -0.4 is 54.4 Å². The first-order valence-electron chi connectivity index (χ1n) is 22.0. The number of fused-ring (bicyclic) bond motifs is 18. The molecule has 1 N–H and O–H groups in total. The lowest BCUT2D eigenvalue weighted by atomic mass is 9.95. The van der Waals surface area contributed by atoms with E-state index in [2.05, 4.69) is 5.53 Å². The molecule has 0 amide bonds. The van der Waals surface area contributed by atoms with Crippen LogP contribution >= 0.6 is 0 Å². The summed E-state index contributed by atoms with van der Waals surface area (Å²) in [4.78, 5) is 33.0. The third kappa shape index (κ3) is 4.52. The van der Waals surface area contributed by atoms with Crippen LogP contribution in [0, 0.1) is 55.4 Å². The van der Waals surface area contributed by atoms with E-state index in [1.54, 1.807) is 0 Å². The fourth-order valence-electron chi connectivity index (χ4n) is 11.1. The Morgan fingerprint density at radius 2 is 0.569 bits per heavy atom. The molecule has 14 rings (SSSR count). The zero-order valence-electron chi connectivity index (χ0n) is 37.0. The SMILES string of the molecule is Cc1c2c(c(C)c3c1C1=NC/3=N\c3c4c(C)c5c(c(C)c4c4n3Nn3/c(c6c(C)c7c(c(C)c6/c3=N/C3=NC(=N\4)/c4c(C)c6c(c(C)c43)OCCO6)OCCO7)=N\1)OCCO5)OCCO2. The van der Waals surface area contributed by atoms with Gasteiger partial charge in [-0.15, -0.1) is 0 Å². The van der Waals surface area contributed by atoms with Crippen LogP contribution in [-0.4, -0.2) is 85.5 Å². The first-order valence-corrected chi connectivity index (χ1v) is 22.0. The summed E-state index contributed by atoms with van der Waals surface area (Å²) in [5.74, 6) is 8.29. The predicted molar refractivity (Wildman–Crippen MR) is 241 cm³/mol. The highest BCUT2D eigenvalue weighted by molar-refractivity contribution is 6.27. The molecular weight excluding hydrogens is 831 g/mol. The summed E-state index contributed by atoms with van der Waals surface area (Å²) >= 11 is 0. The van der Waals surface area contributed by atoms with Crippen molar-refractivity contribution >= 4 is 56.5 Å². The maximum Gasteiger partial charge on any atom is 0.166 e. The average Bonchev–Trinajstić information content (AvgIpc) is 4.05. The second kappa shape index (κ2) is 12.6. The van der Waals surface area contributed by atoms with Crippen molar-refractivity contribution in [1.82, 2.24) is 9.35 Å². The van der Waals surface area contributed by atoms with Gasteiger partial charge in [-0.2, -0.15) is 0 Å². The number of aryl methyl sites for hydroxylation is 4. The maximum absolute atomic E-state index is 6.41. The first-order chi connectivity index (χ1) is 31.6. The van der Waals surface area contributed by atoms with Crippen molar-refractivity contribution < 1.29 is 37.9 Å². The zero-order valence-corrected chi connectivity index (χ0v) is 37.0. The van der Waals surface area contributed by atoms with Gasteiger partial charge in [0, 0.05) is 88.3 Å². The molecule has 0 aliphatic carbocycles. The molecule has 0 unspecified atom stereocenters. The molecule has 8 aliphatic rings. The van der Waals surface area contributed by atoms with Gasteiger partial charge in [0.2, 0.25) is 0 Å². The lowest BCUT2D eigenvalue weighted by Crippen LogP contribution is -2.39. The van der Waals surface area contributed by atoms with Gasteiger partial charge in [-0.25, -0.2) is 44.8 Å². The lowest BCUT2D eigenvalue weighted by molar-refractivity contribution is 0.169.